The monoisotopic (exact) mass is 199 g/mol. The molecule has 1 atom stereocenters. The summed E-state index contributed by atoms with van der Waals surface area (Å²) in [6, 6.07) is 0.186. The fourth-order valence-electron chi connectivity index (χ4n) is 0.965. The molecule has 72 valence electrons. The van der Waals surface area contributed by atoms with E-state index in [4.69, 9.17) is 11.1 Å². The van der Waals surface area contributed by atoms with Gasteiger partial charge in [-0.25, -0.2) is 0 Å². The van der Waals surface area contributed by atoms with E-state index in [0.717, 1.165) is 5.13 Å². The summed E-state index contributed by atoms with van der Waals surface area (Å²) in [5.74, 6) is 0.198. The maximum atomic E-state index is 7.16. The van der Waals surface area contributed by atoms with Gasteiger partial charge in [-0.3, -0.25) is 5.41 Å². The Morgan fingerprint density at radius 2 is 2.54 bits per heavy atom. The Hall–Kier alpha value is -1.17. The Bertz CT molecular complexity index is 270. The molecule has 0 spiro atoms. The number of aromatic nitrogens is 2. The maximum absolute atomic E-state index is 7.16. The lowest BCUT2D eigenvalue weighted by molar-refractivity contribution is 0.702. The zero-order valence-electron chi connectivity index (χ0n) is 7.69. The predicted octanol–water partition coefficient (Wildman–Crippen LogP) is 0.689. The van der Waals surface area contributed by atoms with Crippen molar-refractivity contribution in [3.8, 4) is 0 Å². The Balaban J connectivity index is 2.57. The Kier molecular flexibility index (Phi) is 3.18. The quantitative estimate of drug-likeness (QED) is 0.552. The summed E-state index contributed by atoms with van der Waals surface area (Å²) in [6.45, 7) is 2.00. The SMILES string of the molecule is CC(CC(=N)N)N(C)c1nncs1. The largest absolute Gasteiger partial charge is 0.388 e. The van der Waals surface area contributed by atoms with Crippen LogP contribution in [-0.2, 0) is 0 Å². The van der Waals surface area contributed by atoms with Gasteiger partial charge < -0.3 is 10.6 Å². The van der Waals surface area contributed by atoms with Crippen LogP contribution in [0.25, 0.3) is 0 Å². The summed E-state index contributed by atoms with van der Waals surface area (Å²) < 4.78 is 0. The molecular weight excluding hydrogens is 186 g/mol. The molecular formula is C7H13N5S. The number of hydrogen-bond acceptors (Lipinski definition) is 5. The van der Waals surface area contributed by atoms with Crippen molar-refractivity contribution in [1.82, 2.24) is 10.2 Å². The molecule has 0 saturated carbocycles. The van der Waals surface area contributed by atoms with Crippen LogP contribution in [0.3, 0.4) is 0 Å². The first-order chi connectivity index (χ1) is 6.11. The summed E-state index contributed by atoms with van der Waals surface area (Å²) in [5.41, 5.74) is 7.00. The van der Waals surface area contributed by atoms with Gasteiger partial charge in [0.25, 0.3) is 0 Å². The van der Waals surface area contributed by atoms with Gasteiger partial charge >= 0.3 is 0 Å². The highest BCUT2D eigenvalue weighted by Gasteiger charge is 2.13. The van der Waals surface area contributed by atoms with Gasteiger partial charge in [-0.2, -0.15) is 0 Å². The van der Waals surface area contributed by atoms with E-state index < -0.39 is 0 Å². The van der Waals surface area contributed by atoms with Crippen LogP contribution in [0.1, 0.15) is 13.3 Å². The van der Waals surface area contributed by atoms with Crippen LogP contribution in [0.5, 0.6) is 0 Å². The molecule has 0 aromatic carbocycles. The van der Waals surface area contributed by atoms with E-state index in [-0.39, 0.29) is 11.9 Å². The van der Waals surface area contributed by atoms with E-state index in [2.05, 4.69) is 10.2 Å². The molecule has 5 nitrogen and oxygen atoms in total. The van der Waals surface area contributed by atoms with E-state index in [1.807, 2.05) is 18.9 Å². The lowest BCUT2D eigenvalue weighted by Crippen LogP contribution is -2.32. The van der Waals surface area contributed by atoms with E-state index in [1.165, 1.54) is 11.3 Å². The van der Waals surface area contributed by atoms with Crippen molar-refractivity contribution in [3.63, 3.8) is 0 Å². The predicted molar refractivity (Wildman–Crippen MR) is 54.3 cm³/mol. The highest BCUT2D eigenvalue weighted by Crippen LogP contribution is 2.17. The molecule has 0 fully saturated rings. The minimum atomic E-state index is 0.186. The molecule has 0 radical (unpaired) electrons. The summed E-state index contributed by atoms with van der Waals surface area (Å²) in [4.78, 5) is 1.97. The van der Waals surface area contributed by atoms with Crippen molar-refractivity contribution in [3.05, 3.63) is 5.51 Å². The lowest BCUT2D eigenvalue weighted by atomic mass is 10.2. The van der Waals surface area contributed by atoms with Crippen LogP contribution in [0.2, 0.25) is 0 Å². The van der Waals surface area contributed by atoms with Gasteiger partial charge in [0.15, 0.2) is 0 Å². The van der Waals surface area contributed by atoms with Crippen LogP contribution in [-0.4, -0.2) is 29.1 Å². The minimum absolute atomic E-state index is 0.186. The number of hydrogen-bond donors (Lipinski definition) is 2. The van der Waals surface area contributed by atoms with Crippen LogP contribution in [0.15, 0.2) is 5.51 Å². The molecule has 6 heteroatoms. The number of rotatable bonds is 4. The van der Waals surface area contributed by atoms with E-state index in [1.54, 1.807) is 5.51 Å². The van der Waals surface area contributed by atoms with Crippen LogP contribution in [0, 0.1) is 5.41 Å². The summed E-state index contributed by atoms with van der Waals surface area (Å²) in [7, 11) is 1.92. The highest BCUT2D eigenvalue weighted by molar-refractivity contribution is 7.13. The number of nitrogens with zero attached hydrogens (tertiary/aromatic N) is 3. The Morgan fingerprint density at radius 1 is 1.85 bits per heavy atom. The van der Waals surface area contributed by atoms with Crippen molar-refractivity contribution < 1.29 is 0 Å². The van der Waals surface area contributed by atoms with Crippen LogP contribution < -0.4 is 10.6 Å². The zero-order chi connectivity index (χ0) is 9.84. The molecule has 0 bridgehead atoms. The second-order valence-corrected chi connectivity index (χ2v) is 3.72. The molecule has 3 N–H and O–H groups in total. The van der Waals surface area contributed by atoms with Crippen molar-refractivity contribution >= 4 is 22.3 Å². The van der Waals surface area contributed by atoms with Gasteiger partial charge in [0.1, 0.15) is 5.51 Å². The molecule has 13 heavy (non-hydrogen) atoms. The first-order valence-corrected chi connectivity index (χ1v) is 4.81. The van der Waals surface area contributed by atoms with Gasteiger partial charge in [0.05, 0.1) is 5.84 Å². The van der Waals surface area contributed by atoms with Crippen LogP contribution >= 0.6 is 11.3 Å². The standard InChI is InChI=1S/C7H13N5S/c1-5(3-6(8)9)12(2)7-11-10-4-13-7/h4-5H,3H2,1-2H3,(H3,8,9). The third kappa shape index (κ3) is 2.66. The highest BCUT2D eigenvalue weighted by atomic mass is 32.1. The van der Waals surface area contributed by atoms with E-state index in [9.17, 15) is 0 Å². The van der Waals surface area contributed by atoms with Crippen molar-refractivity contribution in [2.45, 2.75) is 19.4 Å². The summed E-state index contributed by atoms with van der Waals surface area (Å²) >= 11 is 1.48. The fraction of sp³-hybridized carbons (Fsp3) is 0.571. The summed E-state index contributed by atoms with van der Waals surface area (Å²) in [5, 5.41) is 15.7. The third-order valence-corrected chi connectivity index (χ3v) is 2.61. The lowest BCUT2D eigenvalue weighted by Gasteiger charge is -2.22. The molecule has 0 aliphatic rings. The molecule has 0 saturated heterocycles. The first-order valence-electron chi connectivity index (χ1n) is 3.93. The first kappa shape index (κ1) is 9.91. The zero-order valence-corrected chi connectivity index (χ0v) is 8.51. The normalized spacial score (nSPS) is 12.5. The summed E-state index contributed by atoms with van der Waals surface area (Å²) in [6.07, 6.45) is 0.552. The molecule has 0 aliphatic carbocycles. The number of nitrogens with two attached hydrogens (primary N) is 1. The topological polar surface area (TPSA) is 78.9 Å². The minimum Gasteiger partial charge on any atom is -0.388 e. The molecule has 1 aromatic rings. The number of anilines is 1. The Morgan fingerprint density at radius 3 is 3.00 bits per heavy atom. The van der Waals surface area contributed by atoms with E-state index >= 15 is 0 Å². The number of nitrogens with one attached hydrogen (secondary N) is 1. The van der Waals surface area contributed by atoms with Crippen molar-refractivity contribution in [1.29, 1.82) is 5.41 Å². The molecule has 1 rings (SSSR count). The van der Waals surface area contributed by atoms with Gasteiger partial charge in [-0.1, -0.05) is 11.3 Å². The molecule has 0 aliphatic heterocycles. The second-order valence-electron chi connectivity index (χ2n) is 2.91. The van der Waals surface area contributed by atoms with Gasteiger partial charge in [0, 0.05) is 19.5 Å². The van der Waals surface area contributed by atoms with Gasteiger partial charge in [-0.15, -0.1) is 10.2 Å². The van der Waals surface area contributed by atoms with E-state index in [0.29, 0.717) is 6.42 Å². The molecule has 1 unspecified atom stereocenters. The van der Waals surface area contributed by atoms with Gasteiger partial charge in [-0.05, 0) is 6.92 Å². The molecule has 1 aromatic heterocycles. The average molecular weight is 199 g/mol. The maximum Gasteiger partial charge on any atom is 0.208 e. The van der Waals surface area contributed by atoms with Crippen molar-refractivity contribution in [2.75, 3.05) is 11.9 Å². The number of amidine groups is 1. The molecule has 1 heterocycles. The second kappa shape index (κ2) is 4.18. The smallest absolute Gasteiger partial charge is 0.208 e. The van der Waals surface area contributed by atoms with Crippen LogP contribution in [0.4, 0.5) is 5.13 Å². The molecule has 0 amide bonds. The van der Waals surface area contributed by atoms with Gasteiger partial charge in [0.2, 0.25) is 5.13 Å². The third-order valence-electron chi connectivity index (χ3n) is 1.83. The Labute approximate surface area is 81.1 Å². The van der Waals surface area contributed by atoms with Crippen molar-refractivity contribution in [2.24, 2.45) is 5.73 Å². The fourth-order valence-corrected chi connectivity index (χ4v) is 1.59. The average Bonchev–Trinajstić information content (AvgIpc) is 2.53.